The predicted molar refractivity (Wildman–Crippen MR) is 82.9 cm³/mol. The standard InChI is InChI=1S/C14H25N3OS/c1-3-9-19-10-6-16-13(15-2)17-7-4-14(11-17)5-8-18-12-14/h3H,1,4-12H2,2H3,(H,15,16). The highest BCUT2D eigenvalue weighted by atomic mass is 32.2. The van der Waals surface area contributed by atoms with E-state index in [1.54, 1.807) is 0 Å². The van der Waals surface area contributed by atoms with Gasteiger partial charge >= 0.3 is 0 Å². The summed E-state index contributed by atoms with van der Waals surface area (Å²) in [7, 11) is 1.87. The van der Waals surface area contributed by atoms with Gasteiger partial charge in [0.05, 0.1) is 6.61 Å². The van der Waals surface area contributed by atoms with Gasteiger partial charge in [0, 0.05) is 50.2 Å². The van der Waals surface area contributed by atoms with Crippen molar-refractivity contribution in [2.24, 2.45) is 10.4 Å². The van der Waals surface area contributed by atoms with Gasteiger partial charge < -0.3 is 15.0 Å². The number of rotatable bonds is 5. The van der Waals surface area contributed by atoms with Crippen LogP contribution in [-0.2, 0) is 4.74 Å². The molecule has 0 aromatic carbocycles. The molecule has 0 radical (unpaired) electrons. The van der Waals surface area contributed by atoms with E-state index in [9.17, 15) is 0 Å². The molecule has 2 aliphatic heterocycles. The van der Waals surface area contributed by atoms with Crippen molar-refractivity contribution in [3.8, 4) is 0 Å². The molecule has 2 saturated heterocycles. The fourth-order valence-electron chi connectivity index (χ4n) is 2.82. The minimum absolute atomic E-state index is 0.398. The molecule has 0 amide bonds. The molecule has 4 nitrogen and oxygen atoms in total. The first-order chi connectivity index (χ1) is 9.29. The molecule has 0 aliphatic carbocycles. The maximum Gasteiger partial charge on any atom is 0.193 e. The van der Waals surface area contributed by atoms with Crippen molar-refractivity contribution in [1.29, 1.82) is 0 Å². The molecule has 19 heavy (non-hydrogen) atoms. The first-order valence-corrected chi connectivity index (χ1v) is 8.17. The van der Waals surface area contributed by atoms with Crippen molar-refractivity contribution in [2.45, 2.75) is 12.8 Å². The second-order valence-corrected chi connectivity index (χ2v) is 6.46. The van der Waals surface area contributed by atoms with Gasteiger partial charge in [0.15, 0.2) is 5.96 Å². The smallest absolute Gasteiger partial charge is 0.193 e. The summed E-state index contributed by atoms with van der Waals surface area (Å²) < 4.78 is 5.57. The quantitative estimate of drug-likeness (QED) is 0.360. The van der Waals surface area contributed by atoms with E-state index in [1.165, 1.54) is 12.8 Å². The summed E-state index contributed by atoms with van der Waals surface area (Å²) in [6, 6.07) is 0. The molecule has 108 valence electrons. The maximum absolute atomic E-state index is 5.57. The summed E-state index contributed by atoms with van der Waals surface area (Å²) >= 11 is 1.89. The summed E-state index contributed by atoms with van der Waals surface area (Å²) in [6.07, 6.45) is 4.39. The van der Waals surface area contributed by atoms with E-state index >= 15 is 0 Å². The number of nitrogens with zero attached hydrogens (tertiary/aromatic N) is 2. The number of hydrogen-bond donors (Lipinski definition) is 1. The van der Waals surface area contributed by atoms with Crippen molar-refractivity contribution < 1.29 is 4.74 Å². The number of guanidine groups is 1. The van der Waals surface area contributed by atoms with E-state index in [0.29, 0.717) is 5.41 Å². The summed E-state index contributed by atoms with van der Waals surface area (Å²) in [5, 5.41) is 3.46. The Morgan fingerprint density at radius 2 is 2.47 bits per heavy atom. The third-order valence-corrected chi connectivity index (χ3v) is 4.86. The van der Waals surface area contributed by atoms with Crippen LogP contribution in [0.5, 0.6) is 0 Å². The highest BCUT2D eigenvalue weighted by Gasteiger charge is 2.42. The summed E-state index contributed by atoms with van der Waals surface area (Å²) in [5.41, 5.74) is 0.398. The van der Waals surface area contributed by atoms with Crippen LogP contribution in [0.2, 0.25) is 0 Å². The van der Waals surface area contributed by atoms with Gasteiger partial charge in [-0.05, 0) is 12.8 Å². The Hall–Kier alpha value is -0.680. The van der Waals surface area contributed by atoms with Gasteiger partial charge in [-0.1, -0.05) is 6.08 Å². The molecule has 0 aromatic heterocycles. The van der Waals surface area contributed by atoms with Gasteiger partial charge in [-0.3, -0.25) is 4.99 Å². The van der Waals surface area contributed by atoms with Gasteiger partial charge in [-0.15, -0.1) is 6.58 Å². The van der Waals surface area contributed by atoms with Crippen LogP contribution in [0.4, 0.5) is 0 Å². The molecule has 2 heterocycles. The summed E-state index contributed by atoms with van der Waals surface area (Å²) in [5.74, 6) is 3.15. The molecule has 0 aromatic rings. The van der Waals surface area contributed by atoms with Crippen molar-refractivity contribution >= 4 is 17.7 Å². The Morgan fingerprint density at radius 1 is 1.58 bits per heavy atom. The Morgan fingerprint density at radius 3 is 3.16 bits per heavy atom. The van der Waals surface area contributed by atoms with Crippen molar-refractivity contribution in [2.75, 3.05) is 51.4 Å². The second-order valence-electron chi connectivity index (χ2n) is 5.31. The van der Waals surface area contributed by atoms with Crippen molar-refractivity contribution in [1.82, 2.24) is 10.2 Å². The fourth-order valence-corrected chi connectivity index (χ4v) is 3.40. The van der Waals surface area contributed by atoms with Crippen LogP contribution in [0, 0.1) is 5.41 Å². The van der Waals surface area contributed by atoms with E-state index < -0.39 is 0 Å². The molecule has 2 rings (SSSR count). The van der Waals surface area contributed by atoms with Crippen LogP contribution in [0.25, 0.3) is 0 Å². The van der Waals surface area contributed by atoms with Gasteiger partial charge in [0.25, 0.3) is 0 Å². The van der Waals surface area contributed by atoms with Crippen LogP contribution >= 0.6 is 11.8 Å². The van der Waals surface area contributed by atoms with E-state index in [4.69, 9.17) is 4.74 Å². The van der Waals surface area contributed by atoms with Crippen LogP contribution in [0.1, 0.15) is 12.8 Å². The number of aliphatic imine (C=N–C) groups is 1. The van der Waals surface area contributed by atoms with Gasteiger partial charge in [0.2, 0.25) is 0 Å². The highest BCUT2D eigenvalue weighted by molar-refractivity contribution is 7.99. The normalized spacial score (nSPS) is 27.2. The minimum Gasteiger partial charge on any atom is -0.381 e. The Bertz CT molecular complexity index is 327. The molecule has 1 N–H and O–H groups in total. The van der Waals surface area contributed by atoms with E-state index in [0.717, 1.165) is 50.3 Å². The van der Waals surface area contributed by atoms with E-state index in [1.807, 2.05) is 24.9 Å². The Labute approximate surface area is 120 Å². The largest absolute Gasteiger partial charge is 0.381 e. The van der Waals surface area contributed by atoms with E-state index in [2.05, 4.69) is 21.8 Å². The maximum atomic E-state index is 5.57. The van der Waals surface area contributed by atoms with Crippen LogP contribution in [0.3, 0.4) is 0 Å². The molecule has 1 unspecified atom stereocenters. The van der Waals surface area contributed by atoms with Crippen molar-refractivity contribution in [3.05, 3.63) is 12.7 Å². The molecule has 1 spiro atoms. The lowest BCUT2D eigenvalue weighted by molar-refractivity contribution is 0.156. The predicted octanol–water partition coefficient (Wildman–Crippen LogP) is 1.59. The zero-order valence-corrected chi connectivity index (χ0v) is 12.7. The number of thioether (sulfide) groups is 1. The molecule has 2 fully saturated rings. The molecule has 0 bridgehead atoms. The Kier molecular flexibility index (Phi) is 5.58. The Balaban J connectivity index is 1.74. The van der Waals surface area contributed by atoms with Gasteiger partial charge in [-0.2, -0.15) is 11.8 Å². The third-order valence-electron chi connectivity index (χ3n) is 3.90. The van der Waals surface area contributed by atoms with Gasteiger partial charge in [-0.25, -0.2) is 0 Å². The lowest BCUT2D eigenvalue weighted by Gasteiger charge is -2.24. The molecular weight excluding hydrogens is 258 g/mol. The molecular formula is C14H25N3OS. The van der Waals surface area contributed by atoms with E-state index in [-0.39, 0.29) is 0 Å². The van der Waals surface area contributed by atoms with Crippen molar-refractivity contribution in [3.63, 3.8) is 0 Å². The topological polar surface area (TPSA) is 36.9 Å². The average Bonchev–Trinajstić information content (AvgIpc) is 3.05. The SMILES string of the molecule is C=CCSCCNC(=NC)N1CCC2(CCOC2)C1. The first kappa shape index (κ1) is 14.7. The number of likely N-dealkylation sites (tertiary alicyclic amines) is 1. The van der Waals surface area contributed by atoms with Crippen LogP contribution in [0.15, 0.2) is 17.6 Å². The number of nitrogens with one attached hydrogen (secondary N) is 1. The first-order valence-electron chi connectivity index (χ1n) is 7.02. The highest BCUT2D eigenvalue weighted by Crippen LogP contribution is 2.38. The zero-order valence-electron chi connectivity index (χ0n) is 11.9. The summed E-state index contributed by atoms with van der Waals surface area (Å²) in [6.45, 7) is 8.74. The number of ether oxygens (including phenoxy) is 1. The molecule has 1 atom stereocenters. The molecule has 0 saturated carbocycles. The second kappa shape index (κ2) is 7.20. The minimum atomic E-state index is 0.398. The van der Waals surface area contributed by atoms with Gasteiger partial charge in [0.1, 0.15) is 0 Å². The zero-order chi connectivity index (χ0) is 13.6. The van der Waals surface area contributed by atoms with Crippen LogP contribution in [-0.4, -0.2) is 62.3 Å². The summed E-state index contributed by atoms with van der Waals surface area (Å²) in [4.78, 5) is 6.79. The monoisotopic (exact) mass is 283 g/mol. The molecule has 2 aliphatic rings. The fraction of sp³-hybridized carbons (Fsp3) is 0.786. The lowest BCUT2D eigenvalue weighted by atomic mass is 9.87. The van der Waals surface area contributed by atoms with Crippen LogP contribution < -0.4 is 5.32 Å². The lowest BCUT2D eigenvalue weighted by Crippen LogP contribution is -2.42. The third kappa shape index (κ3) is 3.89. The molecule has 5 heteroatoms. The average molecular weight is 283 g/mol. The number of hydrogen-bond acceptors (Lipinski definition) is 3.